The monoisotopic (exact) mass is 496 g/mol. The molecule has 0 radical (unpaired) electrons. The number of nitriles is 1. The van der Waals surface area contributed by atoms with Crippen molar-refractivity contribution in [1.29, 1.82) is 5.26 Å². The van der Waals surface area contributed by atoms with Gasteiger partial charge in [0.25, 0.3) is 0 Å². The fourth-order valence-electron chi connectivity index (χ4n) is 2.79. The SMILES string of the molecule is CC(C)(CNc1ccc(S(N)(=O)=O)cn1)NCC(=O)N1CCC[C@H]1C#N.O=C(O)/C=C/C(=O)O. The molecule has 1 atom stereocenters. The van der Waals surface area contributed by atoms with Crippen molar-refractivity contribution in [3.8, 4) is 6.07 Å². The number of pyridine rings is 1. The number of nitrogens with one attached hydrogen (secondary N) is 2. The van der Waals surface area contributed by atoms with Crippen LogP contribution in [-0.4, -0.2) is 77.6 Å². The average molecular weight is 497 g/mol. The third-order valence-electron chi connectivity index (χ3n) is 4.59. The van der Waals surface area contributed by atoms with Crippen molar-refractivity contribution in [2.75, 3.05) is 25.0 Å². The van der Waals surface area contributed by atoms with Crippen LogP contribution in [-0.2, 0) is 24.4 Å². The number of hydrogen-bond donors (Lipinski definition) is 5. The molecule has 0 saturated carbocycles. The van der Waals surface area contributed by atoms with E-state index in [1.165, 1.54) is 18.3 Å². The van der Waals surface area contributed by atoms with Gasteiger partial charge < -0.3 is 25.7 Å². The van der Waals surface area contributed by atoms with Crippen molar-refractivity contribution in [3.05, 3.63) is 30.5 Å². The summed E-state index contributed by atoms with van der Waals surface area (Å²) in [6, 6.07) is 4.74. The van der Waals surface area contributed by atoms with Gasteiger partial charge in [0.2, 0.25) is 15.9 Å². The van der Waals surface area contributed by atoms with Gasteiger partial charge in [0, 0.05) is 37.0 Å². The van der Waals surface area contributed by atoms with E-state index < -0.39 is 27.5 Å². The summed E-state index contributed by atoms with van der Waals surface area (Å²) in [6.07, 6.45) is 3.89. The Labute approximate surface area is 197 Å². The number of amides is 1. The van der Waals surface area contributed by atoms with Gasteiger partial charge in [-0.05, 0) is 38.8 Å². The molecular weight excluding hydrogens is 468 g/mol. The molecule has 1 amide bonds. The van der Waals surface area contributed by atoms with Crippen LogP contribution in [0, 0.1) is 11.3 Å². The van der Waals surface area contributed by atoms with E-state index in [2.05, 4.69) is 21.7 Å². The lowest BCUT2D eigenvalue weighted by Crippen LogP contribution is -2.50. The highest BCUT2D eigenvalue weighted by atomic mass is 32.2. The summed E-state index contributed by atoms with van der Waals surface area (Å²) in [5, 5.41) is 36.0. The summed E-state index contributed by atoms with van der Waals surface area (Å²) in [5.74, 6) is -2.10. The first-order valence-electron chi connectivity index (χ1n) is 10.1. The van der Waals surface area contributed by atoms with Crippen LogP contribution in [0.1, 0.15) is 26.7 Å². The number of anilines is 1. The third-order valence-corrected chi connectivity index (χ3v) is 5.48. The minimum absolute atomic E-state index is 0.0521. The molecule has 0 spiro atoms. The number of carboxylic acid groups (broad SMARTS) is 2. The second-order valence-electron chi connectivity index (χ2n) is 7.90. The van der Waals surface area contributed by atoms with Crippen molar-refractivity contribution >= 4 is 33.7 Å². The third kappa shape index (κ3) is 10.4. The smallest absolute Gasteiger partial charge is 0.328 e. The number of aliphatic carboxylic acids is 2. The van der Waals surface area contributed by atoms with Crippen LogP contribution < -0.4 is 15.8 Å². The van der Waals surface area contributed by atoms with Crippen molar-refractivity contribution < 1.29 is 33.0 Å². The molecule has 1 saturated heterocycles. The summed E-state index contributed by atoms with van der Waals surface area (Å²) < 4.78 is 22.4. The zero-order valence-corrected chi connectivity index (χ0v) is 19.6. The highest BCUT2D eigenvalue weighted by Gasteiger charge is 2.29. The van der Waals surface area contributed by atoms with E-state index in [-0.39, 0.29) is 23.4 Å². The van der Waals surface area contributed by atoms with Crippen LogP contribution in [0.25, 0.3) is 0 Å². The van der Waals surface area contributed by atoms with Crippen LogP contribution in [0.4, 0.5) is 5.82 Å². The average Bonchev–Trinajstić information content (AvgIpc) is 3.24. The Morgan fingerprint density at radius 2 is 1.91 bits per heavy atom. The first-order valence-corrected chi connectivity index (χ1v) is 11.6. The Hall–Kier alpha value is -3.54. The van der Waals surface area contributed by atoms with Gasteiger partial charge in [-0.3, -0.25) is 4.79 Å². The van der Waals surface area contributed by atoms with Gasteiger partial charge >= 0.3 is 11.9 Å². The van der Waals surface area contributed by atoms with Crippen LogP contribution in [0.15, 0.2) is 35.4 Å². The molecular formula is C20H28N6O7S. The molecule has 13 nitrogen and oxygen atoms in total. The van der Waals surface area contributed by atoms with Gasteiger partial charge in [0.15, 0.2) is 0 Å². The lowest BCUT2D eigenvalue weighted by atomic mass is 10.1. The van der Waals surface area contributed by atoms with Gasteiger partial charge in [-0.15, -0.1) is 0 Å². The zero-order valence-electron chi connectivity index (χ0n) is 18.8. The summed E-state index contributed by atoms with van der Waals surface area (Å²) in [4.78, 5) is 37.0. The van der Waals surface area contributed by atoms with Crippen LogP contribution in [0.5, 0.6) is 0 Å². The van der Waals surface area contributed by atoms with E-state index in [1.54, 1.807) is 4.90 Å². The molecule has 0 aromatic carbocycles. The maximum absolute atomic E-state index is 12.3. The highest BCUT2D eigenvalue weighted by molar-refractivity contribution is 7.89. The Bertz CT molecular complexity index is 1030. The second-order valence-corrected chi connectivity index (χ2v) is 9.46. The molecule has 186 valence electrons. The Morgan fingerprint density at radius 1 is 1.29 bits per heavy atom. The maximum Gasteiger partial charge on any atom is 0.328 e. The van der Waals surface area contributed by atoms with Crippen molar-refractivity contribution in [3.63, 3.8) is 0 Å². The van der Waals surface area contributed by atoms with Crippen LogP contribution in [0.2, 0.25) is 0 Å². The predicted octanol–water partition coefficient (Wildman–Crippen LogP) is -0.265. The summed E-state index contributed by atoms with van der Waals surface area (Å²) >= 11 is 0. The number of rotatable bonds is 9. The van der Waals surface area contributed by atoms with Gasteiger partial charge in [0.05, 0.1) is 12.6 Å². The molecule has 1 aromatic rings. The lowest BCUT2D eigenvalue weighted by Gasteiger charge is -2.28. The van der Waals surface area contributed by atoms with E-state index in [0.29, 0.717) is 31.1 Å². The van der Waals surface area contributed by atoms with E-state index in [0.717, 1.165) is 12.8 Å². The summed E-state index contributed by atoms with van der Waals surface area (Å²) in [5.41, 5.74) is -0.419. The minimum Gasteiger partial charge on any atom is -0.478 e. The fraction of sp³-hybridized carbons (Fsp3) is 0.450. The first kappa shape index (κ1) is 28.5. The number of nitrogens with two attached hydrogens (primary N) is 1. The molecule has 6 N–H and O–H groups in total. The Kier molecular flexibility index (Phi) is 10.6. The number of sulfonamides is 1. The second kappa shape index (κ2) is 12.6. The quantitative estimate of drug-likeness (QED) is 0.280. The van der Waals surface area contributed by atoms with Gasteiger partial charge in [-0.1, -0.05) is 0 Å². The topological polar surface area (TPSA) is 216 Å². The summed E-state index contributed by atoms with van der Waals surface area (Å²) in [7, 11) is -3.76. The number of carbonyl (C=O) groups is 3. The molecule has 34 heavy (non-hydrogen) atoms. The Morgan fingerprint density at radius 3 is 2.38 bits per heavy atom. The summed E-state index contributed by atoms with van der Waals surface area (Å²) in [6.45, 7) is 5.08. The number of primary sulfonamides is 1. The van der Waals surface area contributed by atoms with E-state index in [9.17, 15) is 22.8 Å². The van der Waals surface area contributed by atoms with E-state index in [1.807, 2.05) is 13.8 Å². The molecule has 14 heteroatoms. The van der Waals surface area contributed by atoms with E-state index in [4.69, 9.17) is 20.6 Å². The van der Waals surface area contributed by atoms with Gasteiger partial charge in [0.1, 0.15) is 16.8 Å². The Balaban J connectivity index is 0.000000620. The van der Waals surface area contributed by atoms with E-state index >= 15 is 0 Å². The van der Waals surface area contributed by atoms with Crippen LogP contribution >= 0.6 is 0 Å². The predicted molar refractivity (Wildman–Crippen MR) is 121 cm³/mol. The minimum atomic E-state index is -3.76. The fourth-order valence-corrected chi connectivity index (χ4v) is 3.24. The maximum atomic E-state index is 12.3. The molecule has 0 aliphatic carbocycles. The highest BCUT2D eigenvalue weighted by Crippen LogP contribution is 2.16. The normalized spacial score (nSPS) is 15.8. The molecule has 0 unspecified atom stereocenters. The first-order chi connectivity index (χ1) is 15.7. The number of carbonyl (C=O) groups excluding carboxylic acids is 1. The van der Waals surface area contributed by atoms with Crippen molar-refractivity contribution in [1.82, 2.24) is 15.2 Å². The number of hydrogen-bond acceptors (Lipinski definition) is 9. The zero-order chi connectivity index (χ0) is 25.9. The molecule has 1 fully saturated rings. The largest absolute Gasteiger partial charge is 0.478 e. The molecule has 1 aliphatic heterocycles. The molecule has 2 rings (SSSR count). The molecule has 2 heterocycles. The van der Waals surface area contributed by atoms with Crippen molar-refractivity contribution in [2.45, 2.75) is 43.2 Å². The lowest BCUT2D eigenvalue weighted by molar-refractivity contribution is -0.134. The number of aromatic nitrogens is 1. The molecule has 0 bridgehead atoms. The number of carboxylic acids is 2. The van der Waals surface area contributed by atoms with Crippen LogP contribution in [0.3, 0.4) is 0 Å². The molecule has 1 aliphatic rings. The van der Waals surface area contributed by atoms with Crippen molar-refractivity contribution in [2.24, 2.45) is 5.14 Å². The van der Waals surface area contributed by atoms with Gasteiger partial charge in [-0.2, -0.15) is 5.26 Å². The van der Waals surface area contributed by atoms with Gasteiger partial charge in [-0.25, -0.2) is 28.1 Å². The number of likely N-dealkylation sites (tertiary alicyclic amines) is 1. The number of nitrogens with zero attached hydrogens (tertiary/aromatic N) is 3. The standard InChI is InChI=1S/C16H24N6O3S.C4H4O4/c1-16(2,21-10-15(23)22-7-3-4-12(22)8-17)11-20-14-6-5-13(9-19-14)26(18,24)25;5-3(6)1-2-4(7)8/h5-6,9,12,21H,3-4,7,10-11H2,1-2H3,(H,19,20)(H2,18,24,25);1-2H,(H,5,6)(H,7,8)/b;2-1+/t12-;/m0./s1. The molecule has 1 aromatic heterocycles.